The van der Waals surface area contributed by atoms with Crippen molar-refractivity contribution in [3.63, 3.8) is 0 Å². The predicted molar refractivity (Wildman–Crippen MR) is 94.5 cm³/mol. The Bertz CT molecular complexity index is 906. The second-order valence-electron chi connectivity index (χ2n) is 5.34. The lowest BCUT2D eigenvalue weighted by Crippen LogP contribution is -2.06. The Morgan fingerprint density at radius 2 is 2.00 bits per heavy atom. The summed E-state index contributed by atoms with van der Waals surface area (Å²) in [7, 11) is 0. The summed E-state index contributed by atoms with van der Waals surface area (Å²) in [6, 6.07) is 13.1. The Hall–Kier alpha value is -3.06. The van der Waals surface area contributed by atoms with Crippen LogP contribution in [0.15, 0.2) is 48.7 Å². The van der Waals surface area contributed by atoms with Crippen LogP contribution in [-0.4, -0.2) is 22.0 Å². The van der Waals surface area contributed by atoms with E-state index < -0.39 is 0 Å². The van der Waals surface area contributed by atoms with Gasteiger partial charge in [-0.3, -0.25) is 0 Å². The van der Waals surface area contributed by atoms with Crippen LogP contribution in [0.1, 0.15) is 5.56 Å². The first kappa shape index (κ1) is 15.5. The largest absolute Gasteiger partial charge is 0.454 e. The highest BCUT2D eigenvalue weighted by Crippen LogP contribution is 2.32. The summed E-state index contributed by atoms with van der Waals surface area (Å²) in [4.78, 5) is 4.39. The maximum absolute atomic E-state index is 5.98. The molecule has 2 N–H and O–H groups in total. The van der Waals surface area contributed by atoms with Crippen molar-refractivity contribution in [2.45, 2.75) is 6.54 Å². The summed E-state index contributed by atoms with van der Waals surface area (Å²) in [5.74, 6) is 2.50. The van der Waals surface area contributed by atoms with E-state index in [4.69, 9.17) is 21.1 Å². The van der Waals surface area contributed by atoms with Gasteiger partial charge in [-0.25, -0.2) is 0 Å². The first-order valence-corrected chi connectivity index (χ1v) is 7.99. The molecule has 0 fully saturated rings. The second kappa shape index (κ2) is 6.82. The molecule has 2 heterocycles. The first-order chi connectivity index (χ1) is 12.3. The molecule has 0 amide bonds. The molecule has 7 nitrogen and oxygen atoms in total. The highest BCUT2D eigenvalue weighted by atomic mass is 35.5. The van der Waals surface area contributed by atoms with Crippen LogP contribution in [0.25, 0.3) is 0 Å². The minimum atomic E-state index is 0.260. The standard InChI is InChI=1S/C17H14ClN5O2/c18-12-2-1-3-13(7-12)21-16-9-20-23-17(22-16)19-8-11-4-5-14-15(6-11)25-10-24-14/h1-7,9H,8,10H2,(H2,19,21,22,23). The van der Waals surface area contributed by atoms with E-state index in [0.29, 0.717) is 23.3 Å². The first-order valence-electron chi connectivity index (χ1n) is 7.61. The fourth-order valence-electron chi connectivity index (χ4n) is 2.38. The molecule has 1 aliphatic rings. The zero-order valence-electron chi connectivity index (χ0n) is 13.1. The van der Waals surface area contributed by atoms with Gasteiger partial charge >= 0.3 is 0 Å². The monoisotopic (exact) mass is 355 g/mol. The van der Waals surface area contributed by atoms with Gasteiger partial charge in [0.2, 0.25) is 12.7 Å². The Balaban J connectivity index is 1.43. The van der Waals surface area contributed by atoms with Crippen molar-refractivity contribution in [3.8, 4) is 11.5 Å². The fourth-order valence-corrected chi connectivity index (χ4v) is 2.58. The fraction of sp³-hybridized carbons (Fsp3) is 0.118. The molecule has 0 radical (unpaired) electrons. The van der Waals surface area contributed by atoms with E-state index in [1.807, 2.05) is 42.5 Å². The summed E-state index contributed by atoms with van der Waals surface area (Å²) < 4.78 is 10.7. The highest BCUT2D eigenvalue weighted by Gasteiger charge is 2.13. The Morgan fingerprint density at radius 3 is 2.92 bits per heavy atom. The number of rotatable bonds is 5. The number of nitrogens with one attached hydrogen (secondary N) is 2. The van der Waals surface area contributed by atoms with Gasteiger partial charge in [0.05, 0.1) is 6.20 Å². The van der Waals surface area contributed by atoms with Crippen LogP contribution < -0.4 is 20.1 Å². The van der Waals surface area contributed by atoms with E-state index in [2.05, 4.69) is 25.8 Å². The van der Waals surface area contributed by atoms with Crippen molar-refractivity contribution in [3.05, 3.63) is 59.2 Å². The molecule has 4 rings (SSSR count). The van der Waals surface area contributed by atoms with Crippen molar-refractivity contribution in [1.82, 2.24) is 15.2 Å². The molecule has 3 aromatic rings. The number of anilines is 3. The van der Waals surface area contributed by atoms with Crippen LogP contribution in [0.5, 0.6) is 11.5 Å². The second-order valence-corrected chi connectivity index (χ2v) is 5.78. The molecule has 0 atom stereocenters. The molecule has 0 aliphatic carbocycles. The van der Waals surface area contributed by atoms with Gasteiger partial charge in [-0.1, -0.05) is 23.7 Å². The summed E-state index contributed by atoms with van der Waals surface area (Å²) in [6.07, 6.45) is 1.55. The average Bonchev–Trinajstić information content (AvgIpc) is 3.08. The predicted octanol–water partition coefficient (Wildman–Crippen LogP) is 3.61. The third kappa shape index (κ3) is 3.72. The van der Waals surface area contributed by atoms with Crippen molar-refractivity contribution in [2.75, 3.05) is 17.4 Å². The number of hydrogen-bond acceptors (Lipinski definition) is 7. The van der Waals surface area contributed by atoms with E-state index >= 15 is 0 Å². The lowest BCUT2D eigenvalue weighted by Gasteiger charge is -2.08. The smallest absolute Gasteiger partial charge is 0.244 e. The summed E-state index contributed by atoms with van der Waals surface area (Å²) in [5.41, 5.74) is 1.86. The molecule has 0 saturated heterocycles. The van der Waals surface area contributed by atoms with Gasteiger partial charge in [-0.05, 0) is 35.9 Å². The van der Waals surface area contributed by atoms with Gasteiger partial charge in [0, 0.05) is 17.3 Å². The van der Waals surface area contributed by atoms with Gasteiger partial charge in [-0.2, -0.15) is 10.1 Å². The number of benzene rings is 2. The normalized spacial score (nSPS) is 12.0. The molecule has 1 aromatic heterocycles. The summed E-state index contributed by atoms with van der Waals surface area (Å²) >= 11 is 5.98. The van der Waals surface area contributed by atoms with Gasteiger partial charge < -0.3 is 20.1 Å². The number of fused-ring (bicyclic) bond motifs is 1. The van der Waals surface area contributed by atoms with Gasteiger partial charge in [0.1, 0.15) is 0 Å². The maximum atomic E-state index is 5.98. The molecule has 1 aliphatic heterocycles. The van der Waals surface area contributed by atoms with E-state index in [1.54, 1.807) is 6.20 Å². The SMILES string of the molecule is Clc1cccc(Nc2cnnc(NCc3ccc4c(c3)OCO4)n2)c1. The minimum absolute atomic E-state index is 0.260. The summed E-state index contributed by atoms with van der Waals surface area (Å²) in [5, 5.41) is 14.9. The van der Waals surface area contributed by atoms with E-state index in [1.165, 1.54) is 0 Å². The molecule has 2 aromatic carbocycles. The molecule has 0 unspecified atom stereocenters. The molecule has 126 valence electrons. The third-order valence-corrected chi connectivity index (χ3v) is 3.78. The van der Waals surface area contributed by atoms with Gasteiger partial charge in [0.25, 0.3) is 0 Å². The highest BCUT2D eigenvalue weighted by molar-refractivity contribution is 6.30. The van der Waals surface area contributed by atoms with Crippen molar-refractivity contribution < 1.29 is 9.47 Å². The zero-order valence-corrected chi connectivity index (χ0v) is 13.8. The number of aromatic nitrogens is 3. The zero-order chi connectivity index (χ0) is 17.1. The van der Waals surface area contributed by atoms with Crippen LogP contribution in [-0.2, 0) is 6.54 Å². The number of nitrogens with zero attached hydrogens (tertiary/aromatic N) is 3. The van der Waals surface area contributed by atoms with E-state index in [0.717, 1.165) is 22.7 Å². The maximum Gasteiger partial charge on any atom is 0.244 e. The van der Waals surface area contributed by atoms with E-state index in [-0.39, 0.29) is 6.79 Å². The number of halogens is 1. The summed E-state index contributed by atoms with van der Waals surface area (Å²) in [6.45, 7) is 0.801. The lowest BCUT2D eigenvalue weighted by molar-refractivity contribution is 0.174. The molecule has 25 heavy (non-hydrogen) atoms. The molecule has 0 spiro atoms. The quantitative estimate of drug-likeness (QED) is 0.723. The van der Waals surface area contributed by atoms with Gasteiger partial charge in [-0.15, -0.1) is 5.10 Å². The number of ether oxygens (including phenoxy) is 2. The topological polar surface area (TPSA) is 81.2 Å². The number of hydrogen-bond donors (Lipinski definition) is 2. The van der Waals surface area contributed by atoms with Crippen LogP contribution in [0.4, 0.5) is 17.5 Å². The van der Waals surface area contributed by atoms with Crippen molar-refractivity contribution >= 4 is 29.1 Å². The molecular weight excluding hydrogens is 342 g/mol. The minimum Gasteiger partial charge on any atom is -0.454 e. The van der Waals surface area contributed by atoms with Crippen molar-refractivity contribution in [2.24, 2.45) is 0 Å². The van der Waals surface area contributed by atoms with Gasteiger partial charge in [0.15, 0.2) is 17.3 Å². The lowest BCUT2D eigenvalue weighted by atomic mass is 10.2. The van der Waals surface area contributed by atoms with Crippen LogP contribution in [0, 0.1) is 0 Å². The Kier molecular flexibility index (Phi) is 4.22. The molecule has 8 heteroatoms. The third-order valence-electron chi connectivity index (χ3n) is 3.54. The van der Waals surface area contributed by atoms with E-state index in [9.17, 15) is 0 Å². The average molecular weight is 356 g/mol. The molecule has 0 bridgehead atoms. The Labute approximate surface area is 149 Å². The molecule has 0 saturated carbocycles. The molecular formula is C17H14ClN5O2. The van der Waals surface area contributed by atoms with Crippen LogP contribution in [0.2, 0.25) is 5.02 Å². The Morgan fingerprint density at radius 1 is 1.08 bits per heavy atom. The van der Waals surface area contributed by atoms with Crippen LogP contribution in [0.3, 0.4) is 0 Å². The van der Waals surface area contributed by atoms with Crippen LogP contribution >= 0.6 is 11.6 Å². The van der Waals surface area contributed by atoms with Crippen molar-refractivity contribution in [1.29, 1.82) is 0 Å².